The Bertz CT molecular complexity index is 5770. The first-order chi connectivity index (χ1) is 62.5. The van der Waals surface area contributed by atoms with Crippen LogP contribution in [0.2, 0.25) is 0 Å². The number of ether oxygens (including phenoxy) is 10. The fraction of sp³-hybridized carbons (Fsp3) is 0.443. The van der Waals surface area contributed by atoms with Gasteiger partial charge in [0.25, 0.3) is 20.9 Å². The van der Waals surface area contributed by atoms with Crippen LogP contribution in [0.4, 0.5) is 57.8 Å². The number of carbonyl (C=O) groups excluding carboxylic acids is 7. The maximum atomic E-state index is 14.0. The molecule has 139 heavy (non-hydrogen) atoms. The standard InChI is InChI=1S/C23H27F2N3O6S.C19H27NO7S.C18H19F2N3O4S.C9H9ClO5S.C9H18N2O2.C6H5F2N.C4H8O.ClH.4H2S/c1-23(2,3)34-22(30)28-10-9-15(13-28)27-35(31,32)16-6-8-20(33-4)17(12-16)21(29)26-19-7-5-14(24)11-18(19)25;1-19(2,3)27-18(22)20-9-8-13(11-20)12-28(23,24)14-6-7-16(25-4)15(10-14)17(21)26-5;1-27-17-5-3-13(28(25,26)23-12-6-7-21-10-12)9-14(17)18(24)22-16-4-2-11(19)8-15(16)20;1-14-8-4-3-6(16(10,12)13)5-7(8)9(11)15-2;1-9(2,3)13-8(12)11-5-4-7(10)6-11;7-4-1-2-6(9)5(8)3-4;1-2-4-5-3-1;;;;;/h5-8,11-12,15,27H,9-10,13H2,1-4H3,(H,26,29);6-7,10,13H,8-9,11-12H2,1-5H3;2-5,8-9,12,21,23H,6-7,10H2,1H3,(H,22,24);3-5H,1-2H3;7H,4-6,10H2,1-3H3;1-3H,9H2;1-4H2;1H;4*1H2/t15-;13-;12-;;7-;;;;;;;/m000.0......./s1. The molecule has 9 N–H and O–H groups in total. The summed E-state index contributed by atoms with van der Waals surface area (Å²) < 4.78 is 233. The van der Waals surface area contributed by atoms with Gasteiger partial charge in [0, 0.05) is 106 Å². The summed E-state index contributed by atoms with van der Waals surface area (Å²) in [7, 11) is -2.57. The largest absolute Gasteiger partial charge is 0.496 e. The van der Waals surface area contributed by atoms with E-state index in [4.69, 9.17) is 60.0 Å². The molecule has 0 bridgehead atoms. The molecule has 0 unspecified atom stereocenters. The third-order valence-electron chi connectivity index (χ3n) is 19.2. The topological polar surface area (TPSA) is 470 Å². The summed E-state index contributed by atoms with van der Waals surface area (Å²) in [5.41, 5.74) is 8.27. The number of nitrogens with two attached hydrogens (primary N) is 2. The lowest BCUT2D eigenvalue weighted by Crippen LogP contribution is -2.40. The summed E-state index contributed by atoms with van der Waals surface area (Å²) in [5, 5.41) is 7.64. The first-order valence-corrected chi connectivity index (χ1v) is 48.3. The van der Waals surface area contributed by atoms with Crippen molar-refractivity contribution < 1.29 is 141 Å². The van der Waals surface area contributed by atoms with Gasteiger partial charge >= 0.3 is 30.2 Å². The van der Waals surface area contributed by atoms with E-state index in [1.807, 2.05) is 20.8 Å². The smallest absolute Gasteiger partial charge is 0.410 e. The normalized spacial score (nSPS) is 15.9. The lowest BCUT2D eigenvalue weighted by Gasteiger charge is -2.24. The zero-order valence-electron chi connectivity index (χ0n) is 78.8. The van der Waals surface area contributed by atoms with E-state index in [0.717, 1.165) is 80.8 Å². The summed E-state index contributed by atoms with van der Waals surface area (Å²) in [6.07, 6.45) is 3.82. The first-order valence-electron chi connectivity index (χ1n) is 41.4. The number of hydrogen-bond acceptors (Lipinski definition) is 28. The number of nitrogens with zero attached hydrogens (tertiary/aromatic N) is 3. The number of amides is 5. The number of esters is 2. The molecule has 0 spiro atoms. The molecular weight excluding hydrogens is 2040 g/mol. The van der Waals surface area contributed by atoms with Gasteiger partial charge < -0.3 is 89.5 Å². The van der Waals surface area contributed by atoms with Gasteiger partial charge in [-0.3, -0.25) is 9.59 Å². The minimum Gasteiger partial charge on any atom is -0.496 e. The van der Waals surface area contributed by atoms with E-state index in [1.165, 1.54) is 126 Å². The van der Waals surface area contributed by atoms with Crippen molar-refractivity contribution in [3.8, 4) is 23.0 Å². The van der Waals surface area contributed by atoms with Crippen molar-refractivity contribution in [1.82, 2.24) is 29.5 Å². The minimum absolute atomic E-state index is 0. The number of rotatable bonds is 20. The number of nitrogens with one attached hydrogen (secondary N) is 5. The number of sulfonamides is 2. The maximum absolute atomic E-state index is 14.0. The molecule has 5 amide bonds. The Morgan fingerprint density at radius 2 is 0.813 bits per heavy atom. The van der Waals surface area contributed by atoms with Crippen LogP contribution in [0.3, 0.4) is 0 Å². The Hall–Kier alpha value is -9.61. The van der Waals surface area contributed by atoms with Gasteiger partial charge in [-0.25, -0.2) is 93.4 Å². The van der Waals surface area contributed by atoms with Crippen LogP contribution in [0, 0.1) is 40.8 Å². The molecule has 5 aliphatic rings. The zero-order valence-corrected chi connectivity index (χ0v) is 87.7. The Morgan fingerprint density at radius 3 is 1.17 bits per heavy atom. The highest BCUT2D eigenvalue weighted by atomic mass is 35.7. The first kappa shape index (κ1) is 127. The molecule has 0 radical (unpaired) electrons. The SMILES string of the molecule is C1CCOC1.CC(C)(C)OC(=O)N1CC[C@H](N)C1.COC(=O)c1cc(S(=O)(=O)C[C@H]2CCN(C(=O)OC(C)(C)C)C2)ccc1OC.COC(=O)c1cc(S(=O)(=O)Cl)ccc1OC.COc1ccc(S(=O)(=O)N[C@H]2CCN(C(=O)OC(C)(C)C)C2)cc1C(=O)Nc1ccc(F)cc1F.COc1ccc(S(=O)(=O)N[C@H]2CCNC2)cc1C(=O)Nc1ccc(F)cc1F.Cl.Nc1ccc(F)cc1F.S.S.S.S. The predicted molar refractivity (Wildman–Crippen MR) is 532 cm³/mol. The Kier molecular flexibility index (Phi) is 52.7. The summed E-state index contributed by atoms with van der Waals surface area (Å²) in [6.45, 7) is 21.9. The van der Waals surface area contributed by atoms with Crippen LogP contribution >= 0.6 is 77.1 Å². The number of likely N-dealkylation sites (tertiary alicyclic amines) is 3. The number of methoxy groups -OCH3 is 6. The lowest BCUT2D eigenvalue weighted by atomic mass is 10.1. The summed E-state index contributed by atoms with van der Waals surface area (Å²) in [4.78, 5) is 88.5. The highest BCUT2D eigenvalue weighted by Crippen LogP contribution is 2.33. The molecule has 778 valence electrons. The number of carbonyl (C=O) groups is 7. The van der Waals surface area contributed by atoms with Crippen molar-refractivity contribution in [1.29, 1.82) is 0 Å². The predicted octanol–water partition coefficient (Wildman–Crippen LogP) is 13.5. The van der Waals surface area contributed by atoms with Gasteiger partial charge in [0.1, 0.15) is 85.8 Å². The molecule has 7 aromatic rings. The van der Waals surface area contributed by atoms with Crippen LogP contribution in [-0.4, -0.2) is 239 Å². The fourth-order valence-corrected chi connectivity index (χ4v) is 17.7. The van der Waals surface area contributed by atoms with Crippen molar-refractivity contribution in [3.63, 3.8) is 0 Å². The Labute approximate surface area is 844 Å². The van der Waals surface area contributed by atoms with Gasteiger partial charge in [-0.05, 0) is 222 Å². The van der Waals surface area contributed by atoms with E-state index < -0.39 is 133 Å². The maximum Gasteiger partial charge on any atom is 0.410 e. The average Bonchev–Trinajstić information content (AvgIpc) is 1.28. The summed E-state index contributed by atoms with van der Waals surface area (Å²) >= 11 is 0. The zero-order chi connectivity index (χ0) is 100. The van der Waals surface area contributed by atoms with Gasteiger partial charge in [-0.15, -0.1) is 12.4 Å². The van der Waals surface area contributed by atoms with Crippen molar-refractivity contribution in [2.75, 3.05) is 130 Å². The number of nitrogen functional groups attached to an aromatic ring is 1. The van der Waals surface area contributed by atoms with E-state index in [-0.39, 0.29) is 185 Å². The summed E-state index contributed by atoms with van der Waals surface area (Å²) in [6, 6.07) is 23.0. The van der Waals surface area contributed by atoms with E-state index in [9.17, 15) is 93.6 Å². The molecule has 5 fully saturated rings. The van der Waals surface area contributed by atoms with Crippen LogP contribution in [0.15, 0.2) is 147 Å². The molecule has 0 saturated carbocycles. The van der Waals surface area contributed by atoms with Gasteiger partial charge in [0.05, 0.1) is 96.2 Å². The van der Waals surface area contributed by atoms with E-state index in [0.29, 0.717) is 70.7 Å². The second-order valence-corrected chi connectivity index (χ2v) is 41.2. The van der Waals surface area contributed by atoms with Crippen LogP contribution in [0.5, 0.6) is 23.0 Å². The third kappa shape index (κ3) is 41.5. The number of hydrogen-bond donors (Lipinski definition) is 7. The monoisotopic (exact) mass is 2160 g/mol. The van der Waals surface area contributed by atoms with Crippen LogP contribution < -0.4 is 55.8 Å². The summed E-state index contributed by atoms with van der Waals surface area (Å²) in [5.74, 6) is -7.57. The van der Waals surface area contributed by atoms with Gasteiger partial charge in [0.2, 0.25) is 20.0 Å². The number of anilines is 3. The molecule has 0 aliphatic carbocycles. The number of halogens is 8. The van der Waals surface area contributed by atoms with Crippen LogP contribution in [-0.2, 0) is 67.4 Å². The van der Waals surface area contributed by atoms with Crippen molar-refractivity contribution >= 4 is 175 Å². The number of benzene rings is 7. The number of sulfone groups is 1. The molecule has 7 aromatic carbocycles. The Balaban J connectivity index is 0.000000853. The minimum atomic E-state index is -4.08. The molecular formula is C88H122Cl2F6N10O25S8. The van der Waals surface area contributed by atoms with Crippen molar-refractivity contribution in [2.24, 2.45) is 11.7 Å². The molecule has 35 nitrogen and oxygen atoms in total. The quantitative estimate of drug-likeness (QED) is 0.0122. The molecule has 5 saturated heterocycles. The van der Waals surface area contributed by atoms with E-state index in [1.54, 1.807) is 46.4 Å². The molecule has 5 aliphatic heterocycles. The second kappa shape index (κ2) is 57.5. The van der Waals surface area contributed by atoms with Crippen molar-refractivity contribution in [2.45, 2.75) is 155 Å². The molecule has 5 heterocycles. The molecule has 12 rings (SSSR count). The fourth-order valence-electron chi connectivity index (χ4n) is 12.7. The van der Waals surface area contributed by atoms with Gasteiger partial charge in [0.15, 0.2) is 9.84 Å². The van der Waals surface area contributed by atoms with Gasteiger partial charge in [-0.1, -0.05) is 0 Å². The van der Waals surface area contributed by atoms with Crippen molar-refractivity contribution in [3.05, 3.63) is 185 Å². The average molecular weight is 2160 g/mol. The second-order valence-electron chi connectivity index (χ2n) is 33.2. The Morgan fingerprint density at radius 1 is 0.453 bits per heavy atom. The van der Waals surface area contributed by atoms with E-state index in [2.05, 4.69) is 34.9 Å². The van der Waals surface area contributed by atoms with Gasteiger partial charge in [-0.2, -0.15) is 54.0 Å². The van der Waals surface area contributed by atoms with Crippen LogP contribution in [0.1, 0.15) is 142 Å². The molecule has 51 heteroatoms. The third-order valence-corrected chi connectivity index (χ3v) is 25.5. The van der Waals surface area contributed by atoms with E-state index >= 15 is 0 Å². The highest BCUT2D eigenvalue weighted by Gasteiger charge is 2.37. The van der Waals surface area contributed by atoms with Crippen LogP contribution in [0.25, 0.3) is 0 Å². The molecule has 4 atom stereocenters. The lowest BCUT2D eigenvalue weighted by molar-refractivity contribution is 0.0280. The highest BCUT2D eigenvalue weighted by molar-refractivity contribution is 8.13. The molecule has 0 aromatic heterocycles.